The summed E-state index contributed by atoms with van der Waals surface area (Å²) in [5.74, 6) is 0.773. The number of hydrogen-bond donors (Lipinski definition) is 2. The Morgan fingerprint density at radius 2 is 1.78 bits per heavy atom. The van der Waals surface area contributed by atoms with E-state index in [1.807, 2.05) is 20.8 Å². The fourth-order valence-corrected chi connectivity index (χ4v) is 4.57. The van der Waals surface area contributed by atoms with Crippen LogP contribution in [0, 0.1) is 11.3 Å². The Hall–Kier alpha value is -0.770. The third-order valence-corrected chi connectivity index (χ3v) is 5.05. The molecule has 2 aliphatic rings. The number of rotatable bonds is 3. The molecule has 2 rings (SSSR count). The number of hydrogen-bond acceptors (Lipinski definition) is 3. The predicted molar refractivity (Wildman–Crippen MR) is 94.5 cm³/mol. The van der Waals surface area contributed by atoms with Crippen molar-refractivity contribution in [3.05, 3.63) is 0 Å². The summed E-state index contributed by atoms with van der Waals surface area (Å²) >= 11 is 0. The molecule has 0 aromatic rings. The molecule has 0 aliphatic heterocycles. The van der Waals surface area contributed by atoms with Gasteiger partial charge in [-0.3, -0.25) is 0 Å². The first-order valence-corrected chi connectivity index (χ1v) is 9.30. The van der Waals surface area contributed by atoms with Gasteiger partial charge in [-0.2, -0.15) is 0 Å². The highest BCUT2D eigenvalue weighted by Crippen LogP contribution is 2.39. The highest BCUT2D eigenvalue weighted by molar-refractivity contribution is 5.68. The van der Waals surface area contributed by atoms with Crippen molar-refractivity contribution in [3.8, 4) is 0 Å². The smallest absolute Gasteiger partial charge is 0.407 e. The van der Waals surface area contributed by atoms with E-state index in [0.29, 0.717) is 17.5 Å². The zero-order chi connectivity index (χ0) is 17.3. The summed E-state index contributed by atoms with van der Waals surface area (Å²) < 4.78 is 5.41. The molecule has 4 nitrogen and oxygen atoms in total. The van der Waals surface area contributed by atoms with E-state index >= 15 is 0 Å². The molecule has 0 heterocycles. The molecule has 1 amide bonds. The number of alkyl carbamates (subject to hydrolysis) is 1. The topological polar surface area (TPSA) is 50.4 Å². The summed E-state index contributed by atoms with van der Waals surface area (Å²) in [5.41, 5.74) is -0.0174. The number of ether oxygens (including phenoxy) is 1. The van der Waals surface area contributed by atoms with Crippen molar-refractivity contribution in [2.45, 2.75) is 104 Å². The van der Waals surface area contributed by atoms with E-state index in [1.165, 1.54) is 25.7 Å². The first-order valence-electron chi connectivity index (χ1n) is 9.30. The minimum absolute atomic E-state index is 0.199. The van der Waals surface area contributed by atoms with Crippen LogP contribution in [0.1, 0.15) is 80.1 Å². The van der Waals surface area contributed by atoms with E-state index < -0.39 is 5.60 Å². The summed E-state index contributed by atoms with van der Waals surface area (Å²) in [6.07, 6.45) is 6.87. The van der Waals surface area contributed by atoms with Gasteiger partial charge in [0.05, 0.1) is 0 Å². The molecule has 0 aromatic heterocycles. The normalized spacial score (nSPS) is 34.2. The van der Waals surface area contributed by atoms with E-state index in [-0.39, 0.29) is 12.1 Å². The van der Waals surface area contributed by atoms with Crippen LogP contribution in [0.4, 0.5) is 4.79 Å². The second-order valence-electron chi connectivity index (χ2n) is 9.57. The average molecular weight is 325 g/mol. The summed E-state index contributed by atoms with van der Waals surface area (Å²) in [7, 11) is 0. The maximum atomic E-state index is 12.0. The fourth-order valence-electron chi connectivity index (χ4n) is 4.57. The minimum Gasteiger partial charge on any atom is -0.444 e. The Kier molecular flexibility index (Phi) is 5.65. The molecule has 0 spiro atoms. The van der Waals surface area contributed by atoms with Gasteiger partial charge in [-0.15, -0.1) is 0 Å². The Morgan fingerprint density at radius 1 is 1.13 bits per heavy atom. The number of carbonyl (C=O) groups is 1. The summed E-state index contributed by atoms with van der Waals surface area (Å²) in [4.78, 5) is 12.0. The fraction of sp³-hybridized carbons (Fsp3) is 0.947. The van der Waals surface area contributed by atoms with Crippen molar-refractivity contribution in [2.75, 3.05) is 0 Å². The molecular formula is C19H36N2O2. The minimum atomic E-state index is -0.436. The van der Waals surface area contributed by atoms with Gasteiger partial charge in [-0.05, 0) is 70.6 Å². The zero-order valence-electron chi connectivity index (χ0n) is 15.9. The molecule has 0 radical (unpaired) electrons. The van der Waals surface area contributed by atoms with Gasteiger partial charge in [-0.25, -0.2) is 4.79 Å². The Morgan fingerprint density at radius 3 is 2.39 bits per heavy atom. The van der Waals surface area contributed by atoms with Gasteiger partial charge in [0.1, 0.15) is 5.60 Å². The van der Waals surface area contributed by atoms with Crippen molar-refractivity contribution in [2.24, 2.45) is 11.3 Å². The summed E-state index contributed by atoms with van der Waals surface area (Å²) in [6, 6.07) is 1.15. The molecule has 23 heavy (non-hydrogen) atoms. The first-order chi connectivity index (χ1) is 10.5. The Labute approximate surface area is 142 Å². The molecule has 0 bridgehead atoms. The van der Waals surface area contributed by atoms with Crippen LogP contribution in [0.15, 0.2) is 0 Å². The van der Waals surface area contributed by atoms with Crippen molar-refractivity contribution in [1.82, 2.24) is 10.6 Å². The van der Waals surface area contributed by atoms with Crippen LogP contribution in [-0.2, 0) is 4.74 Å². The number of amides is 1. The maximum Gasteiger partial charge on any atom is 0.407 e. The first kappa shape index (κ1) is 18.6. The van der Waals surface area contributed by atoms with Gasteiger partial charge in [0.25, 0.3) is 0 Å². The molecule has 134 valence electrons. The van der Waals surface area contributed by atoms with E-state index in [1.54, 1.807) is 0 Å². The van der Waals surface area contributed by atoms with E-state index in [4.69, 9.17) is 4.74 Å². The van der Waals surface area contributed by atoms with Crippen LogP contribution in [0.3, 0.4) is 0 Å². The van der Waals surface area contributed by atoms with Crippen molar-refractivity contribution >= 4 is 6.09 Å². The van der Waals surface area contributed by atoms with E-state index in [0.717, 1.165) is 18.8 Å². The number of carbonyl (C=O) groups excluding carboxylic acids is 1. The lowest BCUT2D eigenvalue weighted by molar-refractivity contribution is 0.0492. The van der Waals surface area contributed by atoms with Gasteiger partial charge in [0.15, 0.2) is 0 Å². The van der Waals surface area contributed by atoms with Crippen molar-refractivity contribution < 1.29 is 9.53 Å². The SMILES string of the molecule is CC1CC(NC2CCCC2NC(=O)OC(C)(C)C)CC(C)(C)C1. The monoisotopic (exact) mass is 324 g/mol. The molecule has 4 atom stereocenters. The molecule has 4 unspecified atom stereocenters. The molecule has 2 aliphatic carbocycles. The van der Waals surface area contributed by atoms with Gasteiger partial charge in [0, 0.05) is 18.1 Å². The van der Waals surface area contributed by atoms with Gasteiger partial charge in [-0.1, -0.05) is 20.8 Å². The lowest BCUT2D eigenvalue weighted by Gasteiger charge is -2.41. The van der Waals surface area contributed by atoms with Crippen LogP contribution in [0.2, 0.25) is 0 Å². The number of nitrogens with one attached hydrogen (secondary N) is 2. The van der Waals surface area contributed by atoms with E-state index in [2.05, 4.69) is 31.4 Å². The Bertz CT molecular complexity index is 414. The third-order valence-electron chi connectivity index (χ3n) is 5.05. The molecule has 2 fully saturated rings. The second kappa shape index (κ2) is 7.00. The zero-order valence-corrected chi connectivity index (χ0v) is 15.9. The van der Waals surface area contributed by atoms with Crippen LogP contribution >= 0.6 is 0 Å². The summed E-state index contributed by atoms with van der Waals surface area (Å²) in [6.45, 7) is 12.8. The standard InChI is InChI=1S/C19H36N2O2/c1-13-10-14(12-19(5,6)11-13)20-15-8-7-9-16(15)21-17(22)23-18(2,3)4/h13-16,20H,7-12H2,1-6H3,(H,21,22). The van der Waals surface area contributed by atoms with Gasteiger partial charge >= 0.3 is 6.09 Å². The second-order valence-corrected chi connectivity index (χ2v) is 9.57. The lowest BCUT2D eigenvalue weighted by Crippen LogP contribution is -2.52. The van der Waals surface area contributed by atoms with Crippen LogP contribution in [0.25, 0.3) is 0 Å². The average Bonchev–Trinajstić information content (AvgIpc) is 2.70. The molecule has 4 heteroatoms. The van der Waals surface area contributed by atoms with Crippen molar-refractivity contribution in [1.29, 1.82) is 0 Å². The van der Waals surface area contributed by atoms with Crippen LogP contribution in [0.5, 0.6) is 0 Å². The van der Waals surface area contributed by atoms with Crippen LogP contribution < -0.4 is 10.6 Å². The Balaban J connectivity index is 1.88. The lowest BCUT2D eigenvalue weighted by atomic mass is 9.70. The quantitative estimate of drug-likeness (QED) is 0.816. The largest absolute Gasteiger partial charge is 0.444 e. The molecule has 0 aromatic carbocycles. The molecule has 0 saturated heterocycles. The van der Waals surface area contributed by atoms with E-state index in [9.17, 15) is 4.79 Å². The maximum absolute atomic E-state index is 12.0. The molecule has 2 saturated carbocycles. The van der Waals surface area contributed by atoms with Gasteiger partial charge < -0.3 is 15.4 Å². The molecule has 2 N–H and O–H groups in total. The molecular weight excluding hydrogens is 288 g/mol. The third kappa shape index (κ3) is 5.98. The highest BCUT2D eigenvalue weighted by Gasteiger charge is 2.36. The van der Waals surface area contributed by atoms with Gasteiger partial charge in [0.2, 0.25) is 0 Å². The van der Waals surface area contributed by atoms with Crippen LogP contribution in [-0.4, -0.2) is 29.8 Å². The highest BCUT2D eigenvalue weighted by atomic mass is 16.6. The predicted octanol–water partition coefficient (Wildman–Crippen LogP) is 4.24. The summed E-state index contributed by atoms with van der Waals surface area (Å²) in [5, 5.41) is 6.94. The van der Waals surface area contributed by atoms with Crippen molar-refractivity contribution in [3.63, 3.8) is 0 Å².